The molecule has 0 aromatic heterocycles. The van der Waals surface area contributed by atoms with Gasteiger partial charge in [0, 0.05) is 24.0 Å². The minimum Gasteiger partial charge on any atom is -0.444 e. The van der Waals surface area contributed by atoms with Crippen LogP contribution in [0.3, 0.4) is 0 Å². The zero-order valence-corrected chi connectivity index (χ0v) is 14.2. The number of Topliss-reactive ketones (excluding diaryl/α,β-unsaturated/α-hetero) is 1. The molecular formula is C18H13F5N2O2. The Balaban J connectivity index is 2.36. The van der Waals surface area contributed by atoms with Crippen LogP contribution in [0.25, 0.3) is 0 Å². The number of ether oxygens (including phenoxy) is 1. The average molecular weight is 384 g/mol. The first-order valence-corrected chi connectivity index (χ1v) is 7.85. The predicted molar refractivity (Wildman–Crippen MR) is 81.9 cm³/mol. The van der Waals surface area contributed by atoms with Gasteiger partial charge < -0.3 is 10.5 Å². The van der Waals surface area contributed by atoms with Gasteiger partial charge >= 0.3 is 0 Å². The number of hydrogen-bond acceptors (Lipinski definition) is 4. The van der Waals surface area contributed by atoms with Crippen LogP contribution in [-0.4, -0.2) is 5.78 Å². The van der Waals surface area contributed by atoms with Gasteiger partial charge in [0.15, 0.2) is 29.1 Å². The van der Waals surface area contributed by atoms with Crippen LogP contribution in [0.2, 0.25) is 0 Å². The second kappa shape index (κ2) is 6.08. The third-order valence-corrected chi connectivity index (χ3v) is 4.61. The minimum absolute atomic E-state index is 0.0401. The van der Waals surface area contributed by atoms with Crippen LogP contribution >= 0.6 is 0 Å². The van der Waals surface area contributed by atoms with Crippen molar-refractivity contribution < 1.29 is 31.5 Å². The van der Waals surface area contributed by atoms with Gasteiger partial charge in [0.25, 0.3) is 0 Å². The monoisotopic (exact) mass is 384 g/mol. The maximum atomic E-state index is 14.4. The molecular weight excluding hydrogens is 371 g/mol. The molecule has 4 nitrogen and oxygen atoms in total. The van der Waals surface area contributed by atoms with Crippen molar-refractivity contribution in [1.29, 1.82) is 5.26 Å². The Morgan fingerprint density at radius 1 is 1.04 bits per heavy atom. The quantitative estimate of drug-likeness (QED) is 0.454. The number of carbonyl (C=O) groups is 1. The summed E-state index contributed by atoms with van der Waals surface area (Å²) >= 11 is 0. The Bertz CT molecular complexity index is 959. The van der Waals surface area contributed by atoms with Gasteiger partial charge in [-0.05, 0) is 5.41 Å². The lowest BCUT2D eigenvalue weighted by Crippen LogP contribution is -2.34. The normalized spacial score (nSPS) is 21.7. The van der Waals surface area contributed by atoms with Gasteiger partial charge in [0.05, 0.1) is 5.92 Å². The summed E-state index contributed by atoms with van der Waals surface area (Å²) < 4.78 is 74.9. The number of allylic oxidation sites excluding steroid dienone is 3. The highest BCUT2D eigenvalue weighted by atomic mass is 19.2. The fourth-order valence-corrected chi connectivity index (χ4v) is 3.45. The molecule has 0 saturated heterocycles. The van der Waals surface area contributed by atoms with E-state index in [1.54, 1.807) is 19.9 Å². The lowest BCUT2D eigenvalue weighted by atomic mass is 9.70. The van der Waals surface area contributed by atoms with Crippen LogP contribution in [0.1, 0.15) is 38.2 Å². The van der Waals surface area contributed by atoms with Crippen molar-refractivity contribution >= 4 is 5.78 Å². The Hall–Kier alpha value is -2.89. The van der Waals surface area contributed by atoms with E-state index in [-0.39, 0.29) is 24.2 Å². The molecule has 1 aromatic rings. The second-order valence-corrected chi connectivity index (χ2v) is 7.19. The van der Waals surface area contributed by atoms with Crippen molar-refractivity contribution in [3.63, 3.8) is 0 Å². The van der Waals surface area contributed by atoms with E-state index in [9.17, 15) is 32.0 Å². The smallest absolute Gasteiger partial charge is 0.205 e. The minimum atomic E-state index is -2.33. The summed E-state index contributed by atoms with van der Waals surface area (Å²) in [4.78, 5) is 12.6. The molecule has 9 heteroatoms. The molecule has 2 N–H and O–H groups in total. The fourth-order valence-electron chi connectivity index (χ4n) is 3.45. The van der Waals surface area contributed by atoms with E-state index < -0.39 is 63.2 Å². The molecule has 1 heterocycles. The largest absolute Gasteiger partial charge is 0.444 e. The van der Waals surface area contributed by atoms with Crippen LogP contribution < -0.4 is 5.73 Å². The molecule has 0 amide bonds. The Morgan fingerprint density at radius 2 is 1.56 bits per heavy atom. The molecule has 2 aliphatic rings. The molecule has 27 heavy (non-hydrogen) atoms. The molecule has 0 spiro atoms. The van der Waals surface area contributed by atoms with Crippen molar-refractivity contribution in [3.8, 4) is 6.07 Å². The van der Waals surface area contributed by atoms with Gasteiger partial charge in [-0.3, -0.25) is 4.79 Å². The number of carbonyl (C=O) groups excluding carboxylic acids is 1. The first-order valence-electron chi connectivity index (χ1n) is 7.85. The molecule has 1 aromatic carbocycles. The summed E-state index contributed by atoms with van der Waals surface area (Å²) in [6, 6.07) is 1.56. The van der Waals surface area contributed by atoms with Gasteiger partial charge in [-0.2, -0.15) is 5.26 Å². The van der Waals surface area contributed by atoms with E-state index in [0.717, 1.165) is 0 Å². The van der Waals surface area contributed by atoms with E-state index in [1.165, 1.54) is 0 Å². The molecule has 0 bridgehead atoms. The lowest BCUT2D eigenvalue weighted by Gasteiger charge is -2.37. The SMILES string of the molecule is CC1(C)CC(=O)C2=C(C1)OC(N)=C(C#N)C2c1c(F)c(F)c(F)c(F)c1F. The number of rotatable bonds is 1. The Kier molecular flexibility index (Phi) is 4.25. The highest BCUT2D eigenvalue weighted by Crippen LogP contribution is 2.49. The lowest BCUT2D eigenvalue weighted by molar-refractivity contribution is -0.119. The maximum Gasteiger partial charge on any atom is 0.205 e. The average Bonchev–Trinajstić information content (AvgIpc) is 2.56. The zero-order chi connectivity index (χ0) is 20.3. The van der Waals surface area contributed by atoms with Gasteiger partial charge in [0.2, 0.25) is 11.7 Å². The zero-order valence-electron chi connectivity index (χ0n) is 14.2. The number of halogens is 5. The van der Waals surface area contributed by atoms with Crippen LogP contribution in [0.15, 0.2) is 22.8 Å². The Labute approximate surface area is 150 Å². The first kappa shape index (κ1) is 18.9. The molecule has 0 fully saturated rings. The predicted octanol–water partition coefficient (Wildman–Crippen LogP) is 3.83. The van der Waals surface area contributed by atoms with Gasteiger partial charge in [-0.25, -0.2) is 22.0 Å². The highest BCUT2D eigenvalue weighted by Gasteiger charge is 2.46. The molecule has 1 aliphatic heterocycles. The third kappa shape index (κ3) is 2.76. The van der Waals surface area contributed by atoms with Crippen LogP contribution in [0.4, 0.5) is 22.0 Å². The van der Waals surface area contributed by atoms with E-state index in [0.29, 0.717) is 0 Å². The molecule has 1 aliphatic carbocycles. The standard InChI is InChI=1S/C18H13F5N2O2/c1-18(2)3-7(26)10-8(4-18)27-17(25)6(5-24)9(10)11-12(19)14(21)16(23)15(22)13(11)20/h9H,3-4,25H2,1-2H3. The van der Waals surface area contributed by atoms with E-state index in [4.69, 9.17) is 10.5 Å². The maximum absolute atomic E-state index is 14.4. The van der Waals surface area contributed by atoms with Gasteiger partial charge in [-0.1, -0.05) is 13.8 Å². The number of ketones is 1. The van der Waals surface area contributed by atoms with Crippen molar-refractivity contribution in [1.82, 2.24) is 0 Å². The van der Waals surface area contributed by atoms with Crippen LogP contribution in [0, 0.1) is 45.8 Å². The second-order valence-electron chi connectivity index (χ2n) is 7.19. The molecule has 142 valence electrons. The van der Waals surface area contributed by atoms with E-state index in [1.807, 2.05) is 0 Å². The molecule has 3 rings (SSSR count). The summed E-state index contributed by atoms with van der Waals surface area (Å²) in [5.74, 6) is -14.0. The fraction of sp³-hybridized carbons (Fsp3) is 0.333. The summed E-state index contributed by atoms with van der Waals surface area (Å²) in [6.45, 7) is 3.48. The third-order valence-electron chi connectivity index (χ3n) is 4.61. The number of nitriles is 1. The molecule has 0 saturated carbocycles. The first-order chi connectivity index (χ1) is 12.5. The number of benzene rings is 1. The molecule has 1 atom stereocenters. The number of nitrogens with zero attached hydrogens (tertiary/aromatic N) is 1. The van der Waals surface area contributed by atoms with Gasteiger partial charge in [-0.15, -0.1) is 0 Å². The van der Waals surface area contributed by atoms with Gasteiger partial charge in [0.1, 0.15) is 17.4 Å². The summed E-state index contributed by atoms with van der Waals surface area (Å²) in [5, 5.41) is 9.34. The van der Waals surface area contributed by atoms with Crippen molar-refractivity contribution in [3.05, 3.63) is 57.4 Å². The van der Waals surface area contributed by atoms with E-state index in [2.05, 4.69) is 0 Å². The summed E-state index contributed by atoms with van der Waals surface area (Å²) in [5.41, 5.74) is 2.87. The summed E-state index contributed by atoms with van der Waals surface area (Å²) in [6.07, 6.45) is 0.0824. The van der Waals surface area contributed by atoms with Crippen molar-refractivity contribution in [2.45, 2.75) is 32.6 Å². The van der Waals surface area contributed by atoms with Crippen LogP contribution in [0.5, 0.6) is 0 Å². The number of nitrogens with two attached hydrogens (primary N) is 1. The van der Waals surface area contributed by atoms with Crippen LogP contribution in [-0.2, 0) is 9.53 Å². The van der Waals surface area contributed by atoms with E-state index >= 15 is 0 Å². The highest BCUT2D eigenvalue weighted by molar-refractivity contribution is 6.00. The molecule has 0 radical (unpaired) electrons. The topological polar surface area (TPSA) is 76.1 Å². The Morgan fingerprint density at radius 3 is 2.07 bits per heavy atom. The summed E-state index contributed by atoms with van der Waals surface area (Å²) in [7, 11) is 0. The van der Waals surface area contributed by atoms with Crippen molar-refractivity contribution in [2.75, 3.05) is 0 Å². The van der Waals surface area contributed by atoms with Crippen molar-refractivity contribution in [2.24, 2.45) is 11.1 Å². The molecule has 1 unspecified atom stereocenters. The number of hydrogen-bond donors (Lipinski definition) is 1.